The largest absolute Gasteiger partial charge is 0.493 e. The van der Waals surface area contributed by atoms with Gasteiger partial charge < -0.3 is 14.2 Å². The molecule has 0 atom stereocenters. The summed E-state index contributed by atoms with van der Waals surface area (Å²) >= 11 is 0. The number of aryl methyl sites for hydroxylation is 2. The molecule has 1 amide bonds. The second-order valence-electron chi connectivity index (χ2n) is 6.94. The van der Waals surface area contributed by atoms with Crippen LogP contribution in [0.2, 0.25) is 0 Å². The third-order valence-corrected chi connectivity index (χ3v) is 4.72. The first kappa shape index (κ1) is 21.9. The zero-order chi connectivity index (χ0) is 22.4. The first-order valence-electron chi connectivity index (χ1n) is 9.68. The highest BCUT2D eigenvalue weighted by Crippen LogP contribution is 2.37. The Morgan fingerprint density at radius 3 is 2.19 bits per heavy atom. The minimum Gasteiger partial charge on any atom is -0.493 e. The Balaban J connectivity index is 1.65. The molecule has 0 bridgehead atoms. The predicted octanol–water partition coefficient (Wildman–Crippen LogP) is 3.34. The lowest BCUT2D eigenvalue weighted by Crippen LogP contribution is -2.17. The van der Waals surface area contributed by atoms with Crippen LogP contribution in [-0.4, -0.2) is 43.2 Å². The molecule has 1 aromatic heterocycles. The maximum absolute atomic E-state index is 12.4. The van der Waals surface area contributed by atoms with Gasteiger partial charge in [0.25, 0.3) is 5.91 Å². The summed E-state index contributed by atoms with van der Waals surface area (Å²) in [6.07, 6.45) is 1.51. The molecule has 0 aliphatic heterocycles. The van der Waals surface area contributed by atoms with Crippen LogP contribution in [0.1, 0.15) is 32.9 Å². The van der Waals surface area contributed by atoms with Gasteiger partial charge in [-0.1, -0.05) is 12.1 Å². The van der Waals surface area contributed by atoms with Crippen molar-refractivity contribution in [2.45, 2.75) is 20.4 Å². The number of hydrazone groups is 1. The lowest BCUT2D eigenvalue weighted by Gasteiger charge is -2.12. The third-order valence-electron chi connectivity index (χ3n) is 4.72. The second kappa shape index (κ2) is 9.80. The fourth-order valence-corrected chi connectivity index (χ4v) is 3.18. The van der Waals surface area contributed by atoms with Gasteiger partial charge in [-0.2, -0.15) is 10.2 Å². The minimum absolute atomic E-state index is 0.304. The predicted molar refractivity (Wildman–Crippen MR) is 118 cm³/mol. The minimum atomic E-state index is -0.304. The summed E-state index contributed by atoms with van der Waals surface area (Å²) in [5.41, 5.74) is 6.88. The molecule has 31 heavy (non-hydrogen) atoms. The number of aromatic nitrogens is 2. The lowest BCUT2D eigenvalue weighted by atomic mass is 10.1. The molecule has 0 fully saturated rings. The Labute approximate surface area is 181 Å². The SMILES string of the molecule is COc1cc(/C=N/NC(=O)c2ccc(Cn3nc(C)cc3C)cc2)cc(OC)c1OC. The molecule has 8 heteroatoms. The molecule has 0 saturated heterocycles. The van der Waals surface area contributed by atoms with Crippen molar-refractivity contribution in [3.05, 3.63) is 70.5 Å². The van der Waals surface area contributed by atoms with E-state index in [1.807, 2.05) is 36.7 Å². The van der Waals surface area contributed by atoms with Gasteiger partial charge in [0.15, 0.2) is 11.5 Å². The highest BCUT2D eigenvalue weighted by atomic mass is 16.5. The second-order valence-corrected chi connectivity index (χ2v) is 6.94. The number of benzene rings is 2. The fraction of sp³-hybridized carbons (Fsp3) is 0.261. The van der Waals surface area contributed by atoms with Crippen LogP contribution < -0.4 is 19.6 Å². The van der Waals surface area contributed by atoms with Crippen molar-refractivity contribution in [1.29, 1.82) is 0 Å². The number of hydrogen-bond acceptors (Lipinski definition) is 6. The monoisotopic (exact) mass is 422 g/mol. The van der Waals surface area contributed by atoms with Crippen LogP contribution in [0.3, 0.4) is 0 Å². The van der Waals surface area contributed by atoms with Gasteiger partial charge >= 0.3 is 0 Å². The number of nitrogens with zero attached hydrogens (tertiary/aromatic N) is 3. The van der Waals surface area contributed by atoms with Gasteiger partial charge in [0.2, 0.25) is 5.75 Å². The zero-order valence-corrected chi connectivity index (χ0v) is 18.3. The normalized spacial score (nSPS) is 10.9. The molecule has 8 nitrogen and oxygen atoms in total. The third kappa shape index (κ3) is 5.22. The van der Waals surface area contributed by atoms with Gasteiger partial charge in [-0.3, -0.25) is 9.48 Å². The number of nitrogens with one attached hydrogen (secondary N) is 1. The Bertz CT molecular complexity index is 1060. The number of ether oxygens (including phenoxy) is 3. The van der Waals surface area contributed by atoms with Crippen LogP contribution >= 0.6 is 0 Å². The summed E-state index contributed by atoms with van der Waals surface area (Å²) < 4.78 is 17.9. The Kier molecular flexibility index (Phi) is 6.92. The van der Waals surface area contributed by atoms with Crippen molar-refractivity contribution in [3.63, 3.8) is 0 Å². The van der Waals surface area contributed by atoms with Crippen LogP contribution in [0.5, 0.6) is 17.2 Å². The highest BCUT2D eigenvalue weighted by Gasteiger charge is 2.12. The van der Waals surface area contributed by atoms with E-state index in [4.69, 9.17) is 14.2 Å². The molecule has 0 spiro atoms. The number of methoxy groups -OCH3 is 3. The molecule has 2 aromatic carbocycles. The number of hydrogen-bond donors (Lipinski definition) is 1. The van der Waals surface area contributed by atoms with Gasteiger partial charge in [-0.25, -0.2) is 5.43 Å². The Hall–Kier alpha value is -3.81. The zero-order valence-electron chi connectivity index (χ0n) is 18.3. The van der Waals surface area contributed by atoms with Crippen molar-refractivity contribution >= 4 is 12.1 Å². The maximum atomic E-state index is 12.4. The van der Waals surface area contributed by atoms with Gasteiger partial charge in [-0.05, 0) is 49.7 Å². The molecule has 1 heterocycles. The van der Waals surface area contributed by atoms with Crippen LogP contribution in [0.15, 0.2) is 47.6 Å². The Morgan fingerprint density at radius 2 is 1.68 bits per heavy atom. The summed E-state index contributed by atoms with van der Waals surface area (Å²) in [5.74, 6) is 1.20. The molecular formula is C23H26N4O4. The standard InChI is InChI=1S/C23H26N4O4/c1-15-10-16(2)27(26-15)14-17-6-8-19(9-7-17)23(28)25-24-13-18-11-20(29-3)22(31-5)21(12-18)30-4/h6-13H,14H2,1-5H3,(H,25,28)/b24-13+. The first-order chi connectivity index (χ1) is 14.9. The van der Waals surface area contributed by atoms with E-state index in [0.29, 0.717) is 34.9 Å². The smallest absolute Gasteiger partial charge is 0.271 e. The topological polar surface area (TPSA) is 87.0 Å². The van der Waals surface area contributed by atoms with E-state index in [1.165, 1.54) is 13.3 Å². The van der Waals surface area contributed by atoms with Crippen molar-refractivity contribution < 1.29 is 19.0 Å². The molecule has 0 unspecified atom stereocenters. The van der Waals surface area contributed by atoms with Crippen molar-refractivity contribution in [2.24, 2.45) is 5.10 Å². The van der Waals surface area contributed by atoms with E-state index in [9.17, 15) is 4.79 Å². The number of carbonyl (C=O) groups excluding carboxylic acids is 1. The molecule has 1 N–H and O–H groups in total. The van der Waals surface area contributed by atoms with E-state index >= 15 is 0 Å². The van der Waals surface area contributed by atoms with Crippen LogP contribution in [0, 0.1) is 13.8 Å². The van der Waals surface area contributed by atoms with E-state index < -0.39 is 0 Å². The maximum Gasteiger partial charge on any atom is 0.271 e. The quantitative estimate of drug-likeness (QED) is 0.444. The van der Waals surface area contributed by atoms with Crippen molar-refractivity contribution in [1.82, 2.24) is 15.2 Å². The molecule has 0 radical (unpaired) electrons. The number of amides is 1. The summed E-state index contributed by atoms with van der Waals surface area (Å²) in [7, 11) is 4.62. The van der Waals surface area contributed by atoms with Crippen LogP contribution in [0.4, 0.5) is 0 Å². The van der Waals surface area contributed by atoms with Crippen LogP contribution in [0.25, 0.3) is 0 Å². The van der Waals surface area contributed by atoms with E-state index in [-0.39, 0.29) is 5.91 Å². The molecule has 0 saturated carbocycles. The van der Waals surface area contributed by atoms with E-state index in [2.05, 4.69) is 15.6 Å². The molecule has 0 aliphatic carbocycles. The molecular weight excluding hydrogens is 396 g/mol. The van der Waals surface area contributed by atoms with Crippen molar-refractivity contribution in [2.75, 3.05) is 21.3 Å². The summed E-state index contributed by atoms with van der Waals surface area (Å²) in [6, 6.07) is 12.9. The number of carbonyl (C=O) groups is 1. The molecule has 3 rings (SSSR count). The Morgan fingerprint density at radius 1 is 1.03 bits per heavy atom. The molecule has 162 valence electrons. The van der Waals surface area contributed by atoms with Gasteiger partial charge in [0, 0.05) is 16.8 Å². The van der Waals surface area contributed by atoms with Gasteiger partial charge in [0.05, 0.1) is 39.8 Å². The highest BCUT2D eigenvalue weighted by molar-refractivity contribution is 5.95. The average Bonchev–Trinajstić information content (AvgIpc) is 3.09. The van der Waals surface area contributed by atoms with Gasteiger partial charge in [0.1, 0.15) is 0 Å². The van der Waals surface area contributed by atoms with E-state index in [1.54, 1.807) is 38.5 Å². The molecule has 3 aromatic rings. The van der Waals surface area contributed by atoms with E-state index in [0.717, 1.165) is 17.0 Å². The lowest BCUT2D eigenvalue weighted by molar-refractivity contribution is 0.0955. The van der Waals surface area contributed by atoms with Crippen LogP contribution in [-0.2, 0) is 6.54 Å². The van der Waals surface area contributed by atoms with Gasteiger partial charge in [-0.15, -0.1) is 0 Å². The summed E-state index contributed by atoms with van der Waals surface area (Å²) in [6.45, 7) is 4.64. The number of rotatable bonds is 8. The first-order valence-corrected chi connectivity index (χ1v) is 9.68. The average molecular weight is 422 g/mol. The van der Waals surface area contributed by atoms with Crippen molar-refractivity contribution in [3.8, 4) is 17.2 Å². The summed E-state index contributed by atoms with van der Waals surface area (Å²) in [4.78, 5) is 12.4. The molecule has 0 aliphatic rings. The fourth-order valence-electron chi connectivity index (χ4n) is 3.18. The summed E-state index contributed by atoms with van der Waals surface area (Å²) in [5, 5.41) is 8.50.